The second-order valence-electron chi connectivity index (χ2n) is 5.93. The summed E-state index contributed by atoms with van der Waals surface area (Å²) in [6, 6.07) is 14.2. The third-order valence-corrected chi connectivity index (χ3v) is 4.30. The fraction of sp³-hybridized carbons (Fsp3) is 0.100. The van der Waals surface area contributed by atoms with Crippen LogP contribution in [0.15, 0.2) is 60.8 Å². The summed E-state index contributed by atoms with van der Waals surface area (Å²) in [4.78, 5) is 4.45. The van der Waals surface area contributed by atoms with Gasteiger partial charge in [-0.3, -0.25) is 10.1 Å². The number of hydrogen-bond acceptors (Lipinski definition) is 3. The van der Waals surface area contributed by atoms with Gasteiger partial charge >= 0.3 is 6.18 Å². The van der Waals surface area contributed by atoms with Crippen molar-refractivity contribution in [2.24, 2.45) is 0 Å². The molecule has 0 spiro atoms. The zero-order valence-electron chi connectivity index (χ0n) is 14.2. The molecule has 4 rings (SSSR count). The van der Waals surface area contributed by atoms with Gasteiger partial charge in [0.2, 0.25) is 0 Å². The largest absolute Gasteiger partial charge is 0.496 e. The van der Waals surface area contributed by atoms with Gasteiger partial charge in [0.15, 0.2) is 0 Å². The minimum atomic E-state index is -4.42. The van der Waals surface area contributed by atoms with Crippen LogP contribution >= 0.6 is 0 Å². The van der Waals surface area contributed by atoms with Crippen molar-refractivity contribution in [1.82, 2.24) is 15.2 Å². The number of pyridine rings is 1. The normalized spacial score (nSPS) is 11.7. The fourth-order valence-electron chi connectivity index (χ4n) is 3.06. The minimum Gasteiger partial charge on any atom is -0.496 e. The van der Waals surface area contributed by atoms with Crippen LogP contribution in [0.25, 0.3) is 33.4 Å². The molecule has 0 amide bonds. The maximum atomic E-state index is 13.1. The number of aromatic amines is 1. The van der Waals surface area contributed by atoms with Crippen molar-refractivity contribution < 1.29 is 17.9 Å². The zero-order chi connectivity index (χ0) is 19.0. The van der Waals surface area contributed by atoms with Crippen LogP contribution in [0.3, 0.4) is 0 Å². The Kier molecular flexibility index (Phi) is 4.07. The highest BCUT2D eigenvalue weighted by atomic mass is 19.4. The SMILES string of the molecule is COc1ccccc1-c1nccc2[nH]nc(-c3cccc(C(F)(F)F)c3)c12. The summed E-state index contributed by atoms with van der Waals surface area (Å²) in [5, 5.41) is 7.78. The van der Waals surface area contributed by atoms with E-state index in [4.69, 9.17) is 4.74 Å². The lowest BCUT2D eigenvalue weighted by Gasteiger charge is -2.10. The fourth-order valence-corrected chi connectivity index (χ4v) is 3.06. The molecule has 0 aliphatic carbocycles. The average Bonchev–Trinajstić information content (AvgIpc) is 3.12. The summed E-state index contributed by atoms with van der Waals surface area (Å²) in [6.07, 6.45) is -2.80. The van der Waals surface area contributed by atoms with Gasteiger partial charge in [0.1, 0.15) is 11.4 Å². The van der Waals surface area contributed by atoms with Crippen LogP contribution in [0.1, 0.15) is 5.56 Å². The van der Waals surface area contributed by atoms with Crippen LogP contribution in [0.5, 0.6) is 5.75 Å². The molecule has 2 heterocycles. The molecule has 0 fully saturated rings. The Morgan fingerprint density at radius 2 is 1.78 bits per heavy atom. The van der Waals surface area contributed by atoms with Crippen LogP contribution in [0.2, 0.25) is 0 Å². The standard InChI is InChI=1S/C20H14F3N3O/c1-27-16-8-3-2-7-14(16)19-17-15(9-10-24-19)25-26-18(17)12-5-4-6-13(11-12)20(21,22)23/h2-11H,1H3,(H,25,26). The Bertz CT molecular complexity index is 1120. The molecule has 7 heteroatoms. The van der Waals surface area contributed by atoms with Crippen molar-refractivity contribution in [3.05, 3.63) is 66.4 Å². The second kappa shape index (κ2) is 6.42. The first-order chi connectivity index (χ1) is 13.0. The van der Waals surface area contributed by atoms with E-state index in [1.807, 2.05) is 18.2 Å². The Morgan fingerprint density at radius 1 is 0.963 bits per heavy atom. The van der Waals surface area contributed by atoms with E-state index in [-0.39, 0.29) is 0 Å². The molecule has 0 aliphatic rings. The van der Waals surface area contributed by atoms with Crippen LogP contribution in [-0.2, 0) is 6.18 Å². The van der Waals surface area contributed by atoms with E-state index in [1.165, 1.54) is 6.07 Å². The predicted molar refractivity (Wildman–Crippen MR) is 96.3 cm³/mol. The predicted octanol–water partition coefficient (Wildman–Crippen LogP) is 5.32. The lowest BCUT2D eigenvalue weighted by molar-refractivity contribution is -0.137. The number of halogens is 3. The smallest absolute Gasteiger partial charge is 0.416 e. The Labute approximate surface area is 152 Å². The second-order valence-corrected chi connectivity index (χ2v) is 5.93. The molecule has 0 atom stereocenters. The molecule has 2 aromatic carbocycles. The van der Waals surface area contributed by atoms with Gasteiger partial charge in [-0.1, -0.05) is 24.3 Å². The summed E-state index contributed by atoms with van der Waals surface area (Å²) >= 11 is 0. The number of hydrogen-bond donors (Lipinski definition) is 1. The molecule has 0 unspecified atom stereocenters. The lowest BCUT2D eigenvalue weighted by Crippen LogP contribution is -2.04. The zero-order valence-corrected chi connectivity index (χ0v) is 14.2. The summed E-state index contributed by atoms with van der Waals surface area (Å²) < 4.78 is 44.7. The summed E-state index contributed by atoms with van der Waals surface area (Å²) in [6.45, 7) is 0. The van der Waals surface area contributed by atoms with Crippen molar-refractivity contribution in [2.75, 3.05) is 7.11 Å². The van der Waals surface area contributed by atoms with Crippen molar-refractivity contribution in [3.8, 4) is 28.3 Å². The number of rotatable bonds is 3. The first-order valence-electron chi connectivity index (χ1n) is 8.13. The van der Waals surface area contributed by atoms with Crippen molar-refractivity contribution in [1.29, 1.82) is 0 Å². The van der Waals surface area contributed by atoms with Gasteiger partial charge in [0.05, 0.1) is 29.3 Å². The summed E-state index contributed by atoms with van der Waals surface area (Å²) in [7, 11) is 1.56. The Balaban J connectivity index is 1.97. The van der Waals surface area contributed by atoms with Crippen molar-refractivity contribution in [2.45, 2.75) is 6.18 Å². The van der Waals surface area contributed by atoms with E-state index in [0.717, 1.165) is 17.7 Å². The van der Waals surface area contributed by atoms with Gasteiger partial charge in [0, 0.05) is 17.3 Å². The van der Waals surface area contributed by atoms with Gasteiger partial charge in [-0.25, -0.2) is 0 Å². The van der Waals surface area contributed by atoms with Gasteiger partial charge in [0.25, 0.3) is 0 Å². The van der Waals surface area contributed by atoms with Crippen LogP contribution in [-0.4, -0.2) is 22.3 Å². The molecule has 0 saturated carbocycles. The van der Waals surface area contributed by atoms with Gasteiger partial charge in [-0.15, -0.1) is 0 Å². The number of para-hydroxylation sites is 1. The number of alkyl halides is 3. The first-order valence-corrected chi connectivity index (χ1v) is 8.13. The van der Waals surface area contributed by atoms with Crippen LogP contribution < -0.4 is 4.74 Å². The van der Waals surface area contributed by atoms with E-state index >= 15 is 0 Å². The number of benzene rings is 2. The first kappa shape index (κ1) is 17.1. The maximum Gasteiger partial charge on any atom is 0.416 e. The highest BCUT2D eigenvalue weighted by molar-refractivity contribution is 6.03. The molecular formula is C20H14F3N3O. The molecule has 0 saturated heterocycles. The van der Waals surface area contributed by atoms with E-state index < -0.39 is 11.7 Å². The number of aromatic nitrogens is 3. The molecule has 0 bridgehead atoms. The summed E-state index contributed by atoms with van der Waals surface area (Å²) in [5.41, 5.74) is 2.05. The van der Waals surface area contributed by atoms with E-state index in [2.05, 4.69) is 15.2 Å². The van der Waals surface area contributed by atoms with E-state index in [1.54, 1.807) is 31.5 Å². The van der Waals surface area contributed by atoms with E-state index in [0.29, 0.717) is 33.6 Å². The number of ether oxygens (including phenoxy) is 1. The highest BCUT2D eigenvalue weighted by Gasteiger charge is 2.31. The van der Waals surface area contributed by atoms with Gasteiger partial charge < -0.3 is 4.74 Å². The monoisotopic (exact) mass is 369 g/mol. The quantitative estimate of drug-likeness (QED) is 0.532. The molecule has 0 aliphatic heterocycles. The van der Waals surface area contributed by atoms with Gasteiger partial charge in [-0.05, 0) is 30.3 Å². The lowest BCUT2D eigenvalue weighted by atomic mass is 10.0. The third-order valence-electron chi connectivity index (χ3n) is 4.30. The molecule has 4 nitrogen and oxygen atoms in total. The molecule has 27 heavy (non-hydrogen) atoms. The number of H-pyrrole nitrogens is 1. The third kappa shape index (κ3) is 3.01. The van der Waals surface area contributed by atoms with Crippen LogP contribution in [0.4, 0.5) is 13.2 Å². The molecule has 0 radical (unpaired) electrons. The highest BCUT2D eigenvalue weighted by Crippen LogP contribution is 2.38. The van der Waals surface area contributed by atoms with Crippen molar-refractivity contribution >= 4 is 10.9 Å². The topological polar surface area (TPSA) is 50.8 Å². The Morgan fingerprint density at radius 3 is 2.56 bits per heavy atom. The molecule has 136 valence electrons. The minimum absolute atomic E-state index is 0.361. The van der Waals surface area contributed by atoms with Crippen molar-refractivity contribution in [3.63, 3.8) is 0 Å². The molecular weight excluding hydrogens is 355 g/mol. The maximum absolute atomic E-state index is 13.1. The average molecular weight is 369 g/mol. The van der Waals surface area contributed by atoms with E-state index in [9.17, 15) is 13.2 Å². The molecule has 2 aromatic heterocycles. The number of fused-ring (bicyclic) bond motifs is 1. The van der Waals surface area contributed by atoms with Gasteiger partial charge in [-0.2, -0.15) is 18.3 Å². The molecule has 4 aromatic rings. The Hall–Kier alpha value is -3.35. The molecule has 1 N–H and O–H groups in total. The number of methoxy groups -OCH3 is 1. The summed E-state index contributed by atoms with van der Waals surface area (Å²) in [5.74, 6) is 0.619. The van der Waals surface area contributed by atoms with Crippen LogP contribution in [0, 0.1) is 0 Å². The number of nitrogens with zero attached hydrogens (tertiary/aromatic N) is 2. The number of nitrogens with one attached hydrogen (secondary N) is 1.